The van der Waals surface area contributed by atoms with Gasteiger partial charge in [-0.05, 0) is 42.5 Å². The summed E-state index contributed by atoms with van der Waals surface area (Å²) in [6, 6.07) is 14.4. The van der Waals surface area contributed by atoms with Crippen LogP contribution in [0.3, 0.4) is 0 Å². The molecule has 3 aromatic rings. The highest BCUT2D eigenvalue weighted by molar-refractivity contribution is 6.04. The summed E-state index contributed by atoms with van der Waals surface area (Å²) in [5.41, 5.74) is 2.13. The van der Waals surface area contributed by atoms with Crippen LogP contribution in [0.2, 0.25) is 0 Å². The summed E-state index contributed by atoms with van der Waals surface area (Å²) in [6.45, 7) is 0.210. The highest BCUT2D eigenvalue weighted by Gasteiger charge is 2.14. The summed E-state index contributed by atoms with van der Waals surface area (Å²) in [5, 5.41) is 7.00. The monoisotopic (exact) mass is 307 g/mol. The van der Waals surface area contributed by atoms with E-state index < -0.39 is 0 Å². The lowest BCUT2D eigenvalue weighted by Gasteiger charge is -2.07. The fourth-order valence-corrected chi connectivity index (χ4v) is 2.36. The molecule has 1 aromatic heterocycles. The van der Waals surface area contributed by atoms with Crippen LogP contribution in [0.4, 0.5) is 5.69 Å². The summed E-state index contributed by atoms with van der Waals surface area (Å²) in [4.78, 5) is 12.3. The lowest BCUT2D eigenvalue weighted by molar-refractivity contribution is 0.102. The molecule has 0 unspecified atom stereocenters. The Morgan fingerprint density at radius 2 is 1.91 bits per heavy atom. The molecule has 0 radical (unpaired) electrons. The number of carbonyl (C=O) groups excluding carboxylic acids is 1. The lowest BCUT2D eigenvalue weighted by Crippen LogP contribution is -2.11. The lowest BCUT2D eigenvalue weighted by atomic mass is 10.2. The van der Waals surface area contributed by atoms with Crippen LogP contribution < -0.4 is 14.8 Å². The Bertz CT molecular complexity index is 842. The van der Waals surface area contributed by atoms with E-state index in [-0.39, 0.29) is 12.7 Å². The number of benzene rings is 2. The quantitative estimate of drug-likeness (QED) is 0.808. The molecule has 6 nitrogen and oxygen atoms in total. The minimum Gasteiger partial charge on any atom is -0.454 e. The predicted molar refractivity (Wildman–Crippen MR) is 84.1 cm³/mol. The zero-order valence-electron chi connectivity index (χ0n) is 12.1. The van der Waals surface area contributed by atoms with Gasteiger partial charge in [0.05, 0.1) is 5.69 Å². The van der Waals surface area contributed by atoms with E-state index in [4.69, 9.17) is 9.47 Å². The fourth-order valence-electron chi connectivity index (χ4n) is 2.36. The average Bonchev–Trinajstić information content (AvgIpc) is 3.26. The number of rotatable bonds is 3. The molecule has 6 heteroatoms. The van der Waals surface area contributed by atoms with E-state index in [1.807, 2.05) is 24.4 Å². The van der Waals surface area contributed by atoms with Gasteiger partial charge in [-0.15, -0.1) is 0 Å². The standard InChI is InChI=1S/C17H13N3O3/c21-17(19-13-4-7-15-16(10-13)23-11-22-15)12-2-5-14(6-3-12)20-9-1-8-18-20/h1-10H,11H2,(H,19,21). The van der Waals surface area contributed by atoms with Gasteiger partial charge in [0.15, 0.2) is 11.5 Å². The first-order valence-electron chi connectivity index (χ1n) is 7.11. The Morgan fingerprint density at radius 1 is 1.09 bits per heavy atom. The molecule has 1 N–H and O–H groups in total. The topological polar surface area (TPSA) is 65.4 Å². The molecule has 1 amide bonds. The normalized spacial score (nSPS) is 12.2. The number of carbonyl (C=O) groups is 1. The largest absolute Gasteiger partial charge is 0.454 e. The maximum absolute atomic E-state index is 12.3. The van der Waals surface area contributed by atoms with Crippen molar-refractivity contribution in [3.05, 3.63) is 66.5 Å². The first kappa shape index (κ1) is 13.4. The third kappa shape index (κ3) is 2.62. The van der Waals surface area contributed by atoms with Crippen molar-refractivity contribution in [3.8, 4) is 17.2 Å². The number of amides is 1. The third-order valence-corrected chi connectivity index (χ3v) is 3.53. The summed E-state index contributed by atoms with van der Waals surface area (Å²) in [5.74, 6) is 1.14. The molecular formula is C17H13N3O3. The highest BCUT2D eigenvalue weighted by Crippen LogP contribution is 2.34. The Morgan fingerprint density at radius 3 is 2.70 bits per heavy atom. The van der Waals surface area contributed by atoms with Crippen molar-refractivity contribution < 1.29 is 14.3 Å². The van der Waals surface area contributed by atoms with Crippen LogP contribution >= 0.6 is 0 Å². The molecule has 114 valence electrons. The van der Waals surface area contributed by atoms with Gasteiger partial charge >= 0.3 is 0 Å². The SMILES string of the molecule is O=C(Nc1ccc2c(c1)OCO2)c1ccc(-n2cccn2)cc1. The molecule has 4 rings (SSSR count). The van der Waals surface area contributed by atoms with Crippen LogP contribution in [0.25, 0.3) is 5.69 Å². The van der Waals surface area contributed by atoms with Gasteiger partial charge in [0, 0.05) is 29.7 Å². The summed E-state index contributed by atoms with van der Waals surface area (Å²) < 4.78 is 12.3. The van der Waals surface area contributed by atoms with Gasteiger partial charge in [-0.3, -0.25) is 4.79 Å². The number of hydrogen-bond acceptors (Lipinski definition) is 4. The van der Waals surface area contributed by atoms with Crippen molar-refractivity contribution >= 4 is 11.6 Å². The Labute approximate surface area is 132 Å². The molecule has 0 bridgehead atoms. The number of hydrogen-bond donors (Lipinski definition) is 1. The van der Waals surface area contributed by atoms with Crippen molar-refractivity contribution in [1.29, 1.82) is 0 Å². The van der Waals surface area contributed by atoms with E-state index in [2.05, 4.69) is 10.4 Å². The summed E-state index contributed by atoms with van der Waals surface area (Å²) in [7, 11) is 0. The van der Waals surface area contributed by atoms with Gasteiger partial charge in [0.2, 0.25) is 6.79 Å². The minimum absolute atomic E-state index is 0.184. The first-order valence-corrected chi connectivity index (χ1v) is 7.11. The minimum atomic E-state index is -0.184. The zero-order valence-corrected chi connectivity index (χ0v) is 12.1. The van der Waals surface area contributed by atoms with Gasteiger partial charge in [0.1, 0.15) is 0 Å². The molecule has 2 aromatic carbocycles. The van der Waals surface area contributed by atoms with Crippen LogP contribution in [0, 0.1) is 0 Å². The van der Waals surface area contributed by atoms with E-state index in [0.29, 0.717) is 22.7 Å². The molecule has 1 aliphatic heterocycles. The van der Waals surface area contributed by atoms with Crippen molar-refractivity contribution in [2.75, 3.05) is 12.1 Å². The zero-order chi connectivity index (χ0) is 15.6. The Kier molecular flexibility index (Phi) is 3.20. The van der Waals surface area contributed by atoms with E-state index >= 15 is 0 Å². The van der Waals surface area contributed by atoms with Gasteiger partial charge in [-0.1, -0.05) is 0 Å². The molecule has 0 atom stereocenters. The van der Waals surface area contributed by atoms with Gasteiger partial charge in [-0.25, -0.2) is 4.68 Å². The van der Waals surface area contributed by atoms with Gasteiger partial charge in [-0.2, -0.15) is 5.10 Å². The second-order valence-corrected chi connectivity index (χ2v) is 5.02. The van der Waals surface area contributed by atoms with Gasteiger partial charge < -0.3 is 14.8 Å². The van der Waals surface area contributed by atoms with Crippen molar-refractivity contribution in [3.63, 3.8) is 0 Å². The van der Waals surface area contributed by atoms with E-state index in [1.165, 1.54) is 0 Å². The third-order valence-electron chi connectivity index (χ3n) is 3.53. The van der Waals surface area contributed by atoms with Crippen LogP contribution in [0.1, 0.15) is 10.4 Å². The Balaban J connectivity index is 1.51. The van der Waals surface area contributed by atoms with Crippen LogP contribution in [-0.2, 0) is 0 Å². The van der Waals surface area contributed by atoms with E-state index in [1.54, 1.807) is 41.2 Å². The summed E-state index contributed by atoms with van der Waals surface area (Å²) in [6.07, 6.45) is 3.56. The van der Waals surface area contributed by atoms with Crippen LogP contribution in [0.15, 0.2) is 60.9 Å². The van der Waals surface area contributed by atoms with Crippen molar-refractivity contribution in [1.82, 2.24) is 9.78 Å². The van der Waals surface area contributed by atoms with Gasteiger partial charge in [0.25, 0.3) is 5.91 Å². The first-order chi connectivity index (χ1) is 11.3. The predicted octanol–water partition coefficient (Wildman–Crippen LogP) is 2.85. The molecule has 0 fully saturated rings. The second-order valence-electron chi connectivity index (χ2n) is 5.02. The summed E-state index contributed by atoms with van der Waals surface area (Å²) >= 11 is 0. The average molecular weight is 307 g/mol. The highest BCUT2D eigenvalue weighted by atomic mass is 16.7. The number of ether oxygens (including phenoxy) is 2. The van der Waals surface area contributed by atoms with E-state index in [0.717, 1.165) is 5.69 Å². The van der Waals surface area contributed by atoms with Crippen molar-refractivity contribution in [2.24, 2.45) is 0 Å². The molecule has 23 heavy (non-hydrogen) atoms. The number of anilines is 1. The smallest absolute Gasteiger partial charge is 0.255 e. The molecule has 0 spiro atoms. The second kappa shape index (κ2) is 5.49. The number of nitrogens with zero attached hydrogens (tertiary/aromatic N) is 2. The molecular weight excluding hydrogens is 294 g/mol. The van der Waals surface area contributed by atoms with Crippen molar-refractivity contribution in [2.45, 2.75) is 0 Å². The van der Waals surface area contributed by atoms with Crippen LogP contribution in [-0.4, -0.2) is 22.5 Å². The number of fused-ring (bicyclic) bond motifs is 1. The number of aromatic nitrogens is 2. The molecule has 0 saturated heterocycles. The molecule has 2 heterocycles. The maximum Gasteiger partial charge on any atom is 0.255 e. The maximum atomic E-state index is 12.3. The number of nitrogens with one attached hydrogen (secondary N) is 1. The molecule has 0 saturated carbocycles. The molecule has 1 aliphatic rings. The Hall–Kier alpha value is -3.28. The fraction of sp³-hybridized carbons (Fsp3) is 0.0588. The van der Waals surface area contributed by atoms with E-state index in [9.17, 15) is 4.79 Å². The molecule has 0 aliphatic carbocycles. The van der Waals surface area contributed by atoms with Crippen LogP contribution in [0.5, 0.6) is 11.5 Å².